The van der Waals surface area contributed by atoms with Crippen LogP contribution in [0.5, 0.6) is 0 Å². The highest BCUT2D eigenvalue weighted by molar-refractivity contribution is 14.0. The summed E-state index contributed by atoms with van der Waals surface area (Å²) in [5, 5.41) is 7.49. The fourth-order valence-corrected chi connectivity index (χ4v) is 3.40. The molecule has 2 N–H and O–H groups in total. The van der Waals surface area contributed by atoms with Crippen LogP contribution in [-0.4, -0.2) is 44.1 Å². The Labute approximate surface area is 174 Å². The maximum atomic E-state index is 6.18. The van der Waals surface area contributed by atoms with Gasteiger partial charge < -0.3 is 15.5 Å². The fraction of sp³-hybridized carbons (Fsp3) is 0.632. The van der Waals surface area contributed by atoms with E-state index in [1.165, 1.54) is 38.9 Å². The molecule has 1 aromatic carbocycles. The molecule has 6 heteroatoms. The number of unbranched alkanes of at least 4 members (excludes halogenated alkanes) is 1. The second kappa shape index (κ2) is 12.8. The molecule has 0 radical (unpaired) electrons. The monoisotopic (exact) mass is 478 g/mol. The number of likely N-dealkylation sites (tertiary alicyclic amines) is 1. The van der Waals surface area contributed by atoms with Crippen molar-refractivity contribution in [2.75, 3.05) is 33.2 Å². The highest BCUT2D eigenvalue weighted by Crippen LogP contribution is 2.15. The molecule has 1 saturated heterocycles. The van der Waals surface area contributed by atoms with Crippen LogP contribution in [0.1, 0.15) is 38.2 Å². The van der Waals surface area contributed by atoms with Gasteiger partial charge in [-0.25, -0.2) is 0 Å². The van der Waals surface area contributed by atoms with Crippen LogP contribution in [0, 0.1) is 5.92 Å². The Bertz CT molecular complexity index is 524. The van der Waals surface area contributed by atoms with Gasteiger partial charge in [0.1, 0.15) is 0 Å². The first-order valence-corrected chi connectivity index (χ1v) is 9.47. The third-order valence-electron chi connectivity index (χ3n) is 4.56. The van der Waals surface area contributed by atoms with Crippen molar-refractivity contribution < 1.29 is 0 Å². The average Bonchev–Trinajstić information content (AvgIpc) is 2.58. The van der Waals surface area contributed by atoms with E-state index in [1.807, 2.05) is 24.3 Å². The Morgan fingerprint density at radius 1 is 1.28 bits per heavy atom. The Hall–Kier alpha value is -0.530. The van der Waals surface area contributed by atoms with E-state index in [2.05, 4.69) is 27.4 Å². The Morgan fingerprint density at radius 3 is 2.80 bits per heavy atom. The normalized spacial score (nSPS) is 18.5. The van der Waals surface area contributed by atoms with E-state index in [-0.39, 0.29) is 24.0 Å². The molecule has 1 aromatic rings. The summed E-state index contributed by atoms with van der Waals surface area (Å²) in [6.07, 6.45) is 5.16. The van der Waals surface area contributed by atoms with Gasteiger partial charge in [-0.3, -0.25) is 4.99 Å². The summed E-state index contributed by atoms with van der Waals surface area (Å²) in [7, 11) is 1.80. The number of rotatable bonds is 7. The molecule has 1 atom stereocenters. The third kappa shape index (κ3) is 8.60. The lowest BCUT2D eigenvalue weighted by Crippen LogP contribution is -2.38. The van der Waals surface area contributed by atoms with Crippen molar-refractivity contribution in [1.82, 2.24) is 15.5 Å². The largest absolute Gasteiger partial charge is 0.356 e. The fourth-order valence-electron chi connectivity index (χ4n) is 3.20. The molecule has 0 spiro atoms. The third-order valence-corrected chi connectivity index (χ3v) is 4.93. The van der Waals surface area contributed by atoms with Crippen molar-refractivity contribution >= 4 is 41.5 Å². The van der Waals surface area contributed by atoms with Crippen LogP contribution in [-0.2, 0) is 6.54 Å². The van der Waals surface area contributed by atoms with Crippen LogP contribution in [0.4, 0.5) is 0 Å². The minimum Gasteiger partial charge on any atom is -0.356 e. The van der Waals surface area contributed by atoms with Crippen molar-refractivity contribution in [2.24, 2.45) is 10.9 Å². The molecule has 4 nitrogen and oxygen atoms in total. The summed E-state index contributed by atoms with van der Waals surface area (Å²) in [5.74, 6) is 1.70. The van der Waals surface area contributed by atoms with Crippen LogP contribution in [0.2, 0.25) is 5.02 Å². The Kier molecular flexibility index (Phi) is 11.5. The SMILES string of the molecule is CN=C(NCCCCN1CCCC(C)C1)NCc1ccccc1Cl.I. The maximum absolute atomic E-state index is 6.18. The van der Waals surface area contributed by atoms with Gasteiger partial charge in [0.05, 0.1) is 0 Å². The predicted octanol–water partition coefficient (Wildman–Crippen LogP) is 4.14. The molecule has 25 heavy (non-hydrogen) atoms. The average molecular weight is 479 g/mol. The number of hydrogen-bond donors (Lipinski definition) is 2. The molecule has 0 aromatic heterocycles. The van der Waals surface area contributed by atoms with Crippen LogP contribution >= 0.6 is 35.6 Å². The summed E-state index contributed by atoms with van der Waals surface area (Å²) in [5.41, 5.74) is 1.08. The lowest BCUT2D eigenvalue weighted by atomic mass is 10.0. The molecular weight excluding hydrogens is 447 g/mol. The molecule has 0 aliphatic carbocycles. The molecule has 1 heterocycles. The minimum absolute atomic E-state index is 0. The minimum atomic E-state index is 0. The standard InChI is InChI=1S/C19H31ClN4.HI/c1-16-8-7-13-24(15-16)12-6-5-11-22-19(21-2)23-14-17-9-3-4-10-18(17)20;/h3-4,9-10,16H,5-8,11-15H2,1-2H3,(H2,21,22,23);1H. The molecule has 2 rings (SSSR count). The van der Waals surface area contributed by atoms with Gasteiger partial charge >= 0.3 is 0 Å². The van der Waals surface area contributed by atoms with Gasteiger partial charge in [0, 0.05) is 31.7 Å². The number of hydrogen-bond acceptors (Lipinski definition) is 2. The van der Waals surface area contributed by atoms with Crippen LogP contribution in [0.25, 0.3) is 0 Å². The number of halogens is 2. The van der Waals surface area contributed by atoms with Crippen molar-refractivity contribution in [3.05, 3.63) is 34.9 Å². The van der Waals surface area contributed by atoms with E-state index in [1.54, 1.807) is 7.05 Å². The van der Waals surface area contributed by atoms with Gasteiger partial charge in [-0.15, -0.1) is 24.0 Å². The molecule has 1 aliphatic rings. The van der Waals surface area contributed by atoms with Gasteiger partial charge in [0.2, 0.25) is 0 Å². The zero-order valence-electron chi connectivity index (χ0n) is 15.4. The van der Waals surface area contributed by atoms with Gasteiger partial charge in [0.25, 0.3) is 0 Å². The number of aliphatic imine (C=N–C) groups is 1. The molecular formula is C19H32ClIN4. The molecule has 1 fully saturated rings. The molecule has 1 aliphatic heterocycles. The molecule has 0 amide bonds. The number of piperidine rings is 1. The zero-order valence-corrected chi connectivity index (χ0v) is 18.5. The lowest BCUT2D eigenvalue weighted by molar-refractivity contribution is 0.181. The highest BCUT2D eigenvalue weighted by atomic mass is 127. The summed E-state index contributed by atoms with van der Waals surface area (Å²) < 4.78 is 0. The van der Waals surface area contributed by atoms with E-state index < -0.39 is 0 Å². The molecule has 0 saturated carbocycles. The molecule has 142 valence electrons. The predicted molar refractivity (Wildman–Crippen MR) is 119 cm³/mol. The lowest BCUT2D eigenvalue weighted by Gasteiger charge is -2.30. The van der Waals surface area contributed by atoms with Crippen molar-refractivity contribution in [2.45, 2.75) is 39.2 Å². The quantitative estimate of drug-likeness (QED) is 0.268. The number of guanidine groups is 1. The van der Waals surface area contributed by atoms with E-state index in [4.69, 9.17) is 11.6 Å². The second-order valence-corrected chi connectivity index (χ2v) is 7.11. The smallest absolute Gasteiger partial charge is 0.191 e. The molecule has 0 bridgehead atoms. The Balaban J connectivity index is 0.00000312. The first kappa shape index (κ1) is 22.5. The zero-order chi connectivity index (χ0) is 17.2. The second-order valence-electron chi connectivity index (χ2n) is 6.70. The van der Waals surface area contributed by atoms with Gasteiger partial charge in [-0.2, -0.15) is 0 Å². The highest BCUT2D eigenvalue weighted by Gasteiger charge is 2.15. The van der Waals surface area contributed by atoms with Gasteiger partial charge in [-0.1, -0.05) is 36.7 Å². The number of benzene rings is 1. The summed E-state index contributed by atoms with van der Waals surface area (Å²) in [6.45, 7) is 7.77. The maximum Gasteiger partial charge on any atom is 0.191 e. The van der Waals surface area contributed by atoms with Crippen molar-refractivity contribution in [3.63, 3.8) is 0 Å². The van der Waals surface area contributed by atoms with Crippen molar-refractivity contribution in [1.29, 1.82) is 0 Å². The van der Waals surface area contributed by atoms with Gasteiger partial charge in [0.15, 0.2) is 5.96 Å². The van der Waals surface area contributed by atoms with E-state index >= 15 is 0 Å². The first-order valence-electron chi connectivity index (χ1n) is 9.09. The topological polar surface area (TPSA) is 39.7 Å². The number of nitrogens with one attached hydrogen (secondary N) is 2. The van der Waals surface area contributed by atoms with Crippen LogP contribution in [0.3, 0.4) is 0 Å². The van der Waals surface area contributed by atoms with E-state index in [0.717, 1.165) is 35.4 Å². The molecule has 1 unspecified atom stereocenters. The first-order chi connectivity index (χ1) is 11.7. The Morgan fingerprint density at radius 2 is 2.08 bits per heavy atom. The summed E-state index contributed by atoms with van der Waals surface area (Å²) in [6, 6.07) is 7.89. The van der Waals surface area contributed by atoms with Gasteiger partial charge in [-0.05, 0) is 56.3 Å². The number of nitrogens with zero attached hydrogens (tertiary/aromatic N) is 2. The van der Waals surface area contributed by atoms with E-state index in [0.29, 0.717) is 6.54 Å². The van der Waals surface area contributed by atoms with Crippen LogP contribution < -0.4 is 10.6 Å². The van der Waals surface area contributed by atoms with Crippen LogP contribution in [0.15, 0.2) is 29.3 Å². The summed E-state index contributed by atoms with van der Waals surface area (Å²) >= 11 is 6.18. The van der Waals surface area contributed by atoms with Crippen molar-refractivity contribution in [3.8, 4) is 0 Å². The van der Waals surface area contributed by atoms with E-state index in [9.17, 15) is 0 Å². The summed E-state index contributed by atoms with van der Waals surface area (Å²) in [4.78, 5) is 6.88.